The minimum atomic E-state index is 0.459. The summed E-state index contributed by atoms with van der Waals surface area (Å²) in [5.74, 6) is 1.48. The molecule has 2 aromatic heterocycles. The van der Waals surface area contributed by atoms with Gasteiger partial charge in [-0.2, -0.15) is 0 Å². The van der Waals surface area contributed by atoms with Crippen molar-refractivity contribution in [2.45, 2.75) is 26.9 Å². The second kappa shape index (κ2) is 7.65. The Bertz CT molecular complexity index is 619. The highest BCUT2D eigenvalue weighted by Crippen LogP contribution is 2.25. The van der Waals surface area contributed by atoms with Gasteiger partial charge in [0.15, 0.2) is 5.82 Å². The Morgan fingerprint density at radius 3 is 2.81 bits per heavy atom. The van der Waals surface area contributed by atoms with Gasteiger partial charge in [-0.15, -0.1) is 0 Å². The van der Waals surface area contributed by atoms with Crippen LogP contribution in [0.5, 0.6) is 0 Å². The third-order valence-corrected chi connectivity index (χ3v) is 4.10. The molecule has 2 aromatic rings. The highest BCUT2D eigenvalue weighted by atomic mass is 127. The molecule has 0 atom stereocenters. The van der Waals surface area contributed by atoms with Gasteiger partial charge in [0.05, 0.1) is 15.9 Å². The Kier molecular flexibility index (Phi) is 5.86. The van der Waals surface area contributed by atoms with E-state index in [0.29, 0.717) is 12.4 Å². The van der Waals surface area contributed by atoms with E-state index in [1.165, 1.54) is 0 Å². The summed E-state index contributed by atoms with van der Waals surface area (Å²) in [5, 5.41) is 3.35. The first-order chi connectivity index (χ1) is 10.2. The average Bonchev–Trinajstić information content (AvgIpc) is 2.49. The van der Waals surface area contributed by atoms with Crippen LogP contribution in [0, 0.1) is 10.5 Å². The van der Waals surface area contributed by atoms with E-state index in [0.717, 1.165) is 39.3 Å². The molecule has 0 saturated carbocycles. The summed E-state index contributed by atoms with van der Waals surface area (Å²) in [6.07, 6.45) is 2.80. The second-order valence-corrected chi connectivity index (χ2v) is 5.76. The summed E-state index contributed by atoms with van der Waals surface area (Å²) in [5.41, 5.74) is 2.75. The molecule has 0 aliphatic carbocycles. The summed E-state index contributed by atoms with van der Waals surface area (Å²) < 4.78 is 6.25. The lowest BCUT2D eigenvalue weighted by molar-refractivity contribution is 0.181. The number of nitrogens with one attached hydrogen (secondary N) is 1. The predicted molar refractivity (Wildman–Crippen MR) is 92.2 cm³/mol. The maximum Gasteiger partial charge on any atom is 0.180 e. The Morgan fingerprint density at radius 1 is 1.33 bits per heavy atom. The van der Waals surface area contributed by atoms with E-state index in [-0.39, 0.29) is 0 Å². The molecule has 0 radical (unpaired) electrons. The van der Waals surface area contributed by atoms with Crippen LogP contribution in [0.3, 0.4) is 0 Å². The van der Waals surface area contributed by atoms with E-state index < -0.39 is 0 Å². The normalized spacial score (nSPS) is 10.7. The monoisotopic (exact) mass is 398 g/mol. The van der Waals surface area contributed by atoms with Gasteiger partial charge < -0.3 is 10.1 Å². The fourth-order valence-electron chi connectivity index (χ4n) is 1.91. The van der Waals surface area contributed by atoms with Crippen molar-refractivity contribution in [3.8, 4) is 11.5 Å². The van der Waals surface area contributed by atoms with Crippen LogP contribution in [0.2, 0.25) is 0 Å². The SMILES string of the molecule is CCCNc1nc(-c2ncccc2C)nc(COC)c1I. The topological polar surface area (TPSA) is 59.9 Å². The molecule has 0 fully saturated rings. The lowest BCUT2D eigenvalue weighted by Crippen LogP contribution is -2.10. The van der Waals surface area contributed by atoms with Gasteiger partial charge in [-0.1, -0.05) is 13.0 Å². The van der Waals surface area contributed by atoms with Crippen LogP contribution in [0.25, 0.3) is 11.5 Å². The zero-order valence-electron chi connectivity index (χ0n) is 12.5. The van der Waals surface area contributed by atoms with Crippen molar-refractivity contribution in [3.05, 3.63) is 33.2 Å². The number of rotatable bonds is 6. The first kappa shape index (κ1) is 16.1. The van der Waals surface area contributed by atoms with Crippen LogP contribution in [-0.2, 0) is 11.3 Å². The predicted octanol–water partition coefficient (Wildman–Crippen LogP) is 3.42. The molecule has 112 valence electrons. The zero-order valence-corrected chi connectivity index (χ0v) is 14.6. The van der Waals surface area contributed by atoms with Crippen molar-refractivity contribution in [2.24, 2.45) is 0 Å². The number of nitrogens with zero attached hydrogens (tertiary/aromatic N) is 3. The van der Waals surface area contributed by atoms with Crippen LogP contribution >= 0.6 is 22.6 Å². The Balaban J connectivity index is 2.50. The first-order valence-electron chi connectivity index (χ1n) is 6.88. The number of ether oxygens (including phenoxy) is 1. The lowest BCUT2D eigenvalue weighted by Gasteiger charge is -2.13. The van der Waals surface area contributed by atoms with E-state index >= 15 is 0 Å². The zero-order chi connectivity index (χ0) is 15.2. The van der Waals surface area contributed by atoms with E-state index in [1.54, 1.807) is 13.3 Å². The molecular formula is C15H19IN4O. The van der Waals surface area contributed by atoms with Gasteiger partial charge in [-0.3, -0.25) is 4.98 Å². The van der Waals surface area contributed by atoms with Gasteiger partial charge in [0.1, 0.15) is 11.5 Å². The molecule has 0 unspecified atom stereocenters. The molecule has 0 bridgehead atoms. The van der Waals surface area contributed by atoms with E-state index in [4.69, 9.17) is 4.74 Å². The number of pyridine rings is 1. The second-order valence-electron chi connectivity index (χ2n) is 4.69. The molecular weight excluding hydrogens is 379 g/mol. The highest BCUT2D eigenvalue weighted by molar-refractivity contribution is 14.1. The molecule has 21 heavy (non-hydrogen) atoms. The van der Waals surface area contributed by atoms with Gasteiger partial charge in [-0.05, 0) is 47.6 Å². The molecule has 0 amide bonds. The lowest BCUT2D eigenvalue weighted by atomic mass is 10.2. The van der Waals surface area contributed by atoms with Gasteiger partial charge >= 0.3 is 0 Å². The number of halogens is 1. The molecule has 5 nitrogen and oxygen atoms in total. The number of hydrogen-bond donors (Lipinski definition) is 1. The minimum Gasteiger partial charge on any atom is -0.378 e. The fourth-order valence-corrected chi connectivity index (χ4v) is 2.50. The molecule has 6 heteroatoms. The van der Waals surface area contributed by atoms with Crippen molar-refractivity contribution in [3.63, 3.8) is 0 Å². The van der Waals surface area contributed by atoms with Crippen molar-refractivity contribution in [2.75, 3.05) is 19.0 Å². The third-order valence-electron chi connectivity index (χ3n) is 2.96. The smallest absolute Gasteiger partial charge is 0.180 e. The molecule has 0 spiro atoms. The standard InChI is InChI=1S/C15H19IN4O/c1-4-7-18-14-12(16)11(9-21-3)19-15(20-14)13-10(2)6-5-8-17-13/h5-6,8H,4,7,9H2,1-3H3,(H,18,19,20). The van der Waals surface area contributed by atoms with Crippen LogP contribution in [0.15, 0.2) is 18.3 Å². The summed E-state index contributed by atoms with van der Waals surface area (Å²) in [6.45, 7) is 5.47. The van der Waals surface area contributed by atoms with Gasteiger partial charge in [0.25, 0.3) is 0 Å². The fraction of sp³-hybridized carbons (Fsp3) is 0.400. The quantitative estimate of drug-likeness (QED) is 0.756. The number of aryl methyl sites for hydroxylation is 1. The van der Waals surface area contributed by atoms with Gasteiger partial charge in [0.2, 0.25) is 0 Å². The van der Waals surface area contributed by atoms with Crippen molar-refractivity contribution in [1.29, 1.82) is 0 Å². The van der Waals surface area contributed by atoms with Crippen molar-refractivity contribution in [1.82, 2.24) is 15.0 Å². The first-order valence-corrected chi connectivity index (χ1v) is 7.96. The highest BCUT2D eigenvalue weighted by Gasteiger charge is 2.15. The van der Waals surface area contributed by atoms with Gasteiger partial charge in [0, 0.05) is 19.9 Å². The largest absolute Gasteiger partial charge is 0.378 e. The maximum absolute atomic E-state index is 5.25. The number of anilines is 1. The Morgan fingerprint density at radius 2 is 2.14 bits per heavy atom. The summed E-state index contributed by atoms with van der Waals surface area (Å²) in [4.78, 5) is 13.7. The van der Waals surface area contributed by atoms with Crippen LogP contribution < -0.4 is 5.32 Å². The van der Waals surface area contributed by atoms with E-state index in [2.05, 4.69) is 49.8 Å². The minimum absolute atomic E-state index is 0.459. The Labute approximate surface area is 138 Å². The maximum atomic E-state index is 5.25. The van der Waals surface area contributed by atoms with Crippen molar-refractivity contribution < 1.29 is 4.74 Å². The molecule has 0 aliphatic heterocycles. The van der Waals surface area contributed by atoms with E-state index in [1.807, 2.05) is 19.1 Å². The average molecular weight is 398 g/mol. The van der Waals surface area contributed by atoms with E-state index in [9.17, 15) is 0 Å². The summed E-state index contributed by atoms with van der Waals surface area (Å²) >= 11 is 2.26. The number of methoxy groups -OCH3 is 1. The molecule has 2 rings (SSSR count). The summed E-state index contributed by atoms with van der Waals surface area (Å²) in [7, 11) is 1.67. The summed E-state index contributed by atoms with van der Waals surface area (Å²) in [6, 6.07) is 3.93. The number of aromatic nitrogens is 3. The van der Waals surface area contributed by atoms with Crippen LogP contribution in [0.4, 0.5) is 5.82 Å². The van der Waals surface area contributed by atoms with Crippen molar-refractivity contribution >= 4 is 28.4 Å². The van der Waals surface area contributed by atoms with Crippen LogP contribution in [-0.4, -0.2) is 28.6 Å². The molecule has 0 aromatic carbocycles. The van der Waals surface area contributed by atoms with Crippen LogP contribution in [0.1, 0.15) is 24.6 Å². The third kappa shape index (κ3) is 3.88. The molecule has 0 saturated heterocycles. The Hall–Kier alpha value is -1.28. The molecule has 2 heterocycles. The number of hydrogen-bond acceptors (Lipinski definition) is 5. The van der Waals surface area contributed by atoms with Gasteiger partial charge in [-0.25, -0.2) is 9.97 Å². The molecule has 1 N–H and O–H groups in total. The molecule has 0 aliphatic rings.